The summed E-state index contributed by atoms with van der Waals surface area (Å²) in [6, 6.07) is 5.32. The Labute approximate surface area is 134 Å². The number of hydrogen-bond donors (Lipinski definition) is 0. The zero-order valence-corrected chi connectivity index (χ0v) is 13.3. The minimum atomic E-state index is -0.156. The van der Waals surface area contributed by atoms with Gasteiger partial charge in [-0.2, -0.15) is 0 Å². The number of aromatic nitrogens is 1. The van der Waals surface area contributed by atoms with E-state index in [0.717, 1.165) is 22.0 Å². The molecule has 2 aromatic rings. The Kier molecular flexibility index (Phi) is 4.21. The Balaban J connectivity index is 1.81. The summed E-state index contributed by atoms with van der Waals surface area (Å²) in [5.74, 6) is -0.156. The largest absolute Gasteiger partial charge is 0.465 e. The summed E-state index contributed by atoms with van der Waals surface area (Å²) in [4.78, 5) is 16.0. The van der Waals surface area contributed by atoms with Gasteiger partial charge in [0, 0.05) is 22.4 Å². The summed E-state index contributed by atoms with van der Waals surface area (Å²) in [5, 5.41) is 2.95. The second kappa shape index (κ2) is 5.93. The SMILES string of the molecule is O=C1OCCC1Sc1nc(-c2ccc(Cl)cc2Cl)cs1. The van der Waals surface area contributed by atoms with E-state index in [9.17, 15) is 4.79 Å². The number of carbonyl (C=O) groups excluding carboxylic acids is 1. The number of thiazole rings is 1. The van der Waals surface area contributed by atoms with Gasteiger partial charge in [-0.25, -0.2) is 4.98 Å². The summed E-state index contributed by atoms with van der Waals surface area (Å²) < 4.78 is 5.79. The fourth-order valence-corrected chi connectivity index (χ4v) is 4.37. The molecule has 1 aliphatic rings. The summed E-state index contributed by atoms with van der Waals surface area (Å²) in [6.45, 7) is 0.498. The van der Waals surface area contributed by atoms with Crippen LogP contribution in [0.1, 0.15) is 6.42 Å². The standard InChI is InChI=1S/C13H9Cl2NO2S2/c14-7-1-2-8(9(15)5-7)10-6-19-13(16-10)20-11-3-4-18-12(11)17/h1-2,5-6,11H,3-4H2. The summed E-state index contributed by atoms with van der Waals surface area (Å²) in [5.41, 5.74) is 1.64. The Bertz CT molecular complexity index is 660. The van der Waals surface area contributed by atoms with Gasteiger partial charge >= 0.3 is 5.97 Å². The number of carbonyl (C=O) groups is 1. The lowest BCUT2D eigenvalue weighted by molar-refractivity contribution is -0.137. The molecule has 1 atom stereocenters. The van der Waals surface area contributed by atoms with Crippen molar-refractivity contribution in [3.63, 3.8) is 0 Å². The van der Waals surface area contributed by atoms with Crippen LogP contribution >= 0.6 is 46.3 Å². The molecule has 2 heterocycles. The lowest BCUT2D eigenvalue weighted by Crippen LogP contribution is -2.08. The molecule has 1 saturated heterocycles. The zero-order valence-electron chi connectivity index (χ0n) is 10.1. The van der Waals surface area contributed by atoms with Gasteiger partial charge in [-0.15, -0.1) is 11.3 Å². The van der Waals surface area contributed by atoms with Crippen LogP contribution in [0.3, 0.4) is 0 Å². The van der Waals surface area contributed by atoms with Crippen LogP contribution in [0.25, 0.3) is 11.3 Å². The van der Waals surface area contributed by atoms with E-state index in [1.165, 1.54) is 23.1 Å². The second-order valence-electron chi connectivity index (χ2n) is 4.19. The maximum absolute atomic E-state index is 11.4. The lowest BCUT2D eigenvalue weighted by Gasteiger charge is -2.02. The van der Waals surface area contributed by atoms with Gasteiger partial charge < -0.3 is 4.74 Å². The minimum Gasteiger partial charge on any atom is -0.465 e. The molecule has 3 rings (SSSR count). The Morgan fingerprint density at radius 3 is 2.95 bits per heavy atom. The van der Waals surface area contributed by atoms with Crippen LogP contribution in [-0.4, -0.2) is 22.8 Å². The first-order valence-electron chi connectivity index (χ1n) is 5.88. The van der Waals surface area contributed by atoms with Crippen LogP contribution in [0.15, 0.2) is 27.9 Å². The highest BCUT2D eigenvalue weighted by Gasteiger charge is 2.28. The van der Waals surface area contributed by atoms with Crippen molar-refractivity contribution >= 4 is 52.3 Å². The average molecular weight is 346 g/mol. The van der Waals surface area contributed by atoms with Crippen LogP contribution < -0.4 is 0 Å². The van der Waals surface area contributed by atoms with E-state index in [1.807, 2.05) is 11.4 Å². The molecule has 0 radical (unpaired) electrons. The third-order valence-electron chi connectivity index (χ3n) is 2.82. The highest BCUT2D eigenvalue weighted by Crippen LogP contribution is 2.36. The van der Waals surface area contributed by atoms with E-state index < -0.39 is 0 Å². The van der Waals surface area contributed by atoms with E-state index >= 15 is 0 Å². The van der Waals surface area contributed by atoms with Crippen LogP contribution in [0.4, 0.5) is 0 Å². The number of ether oxygens (including phenoxy) is 1. The maximum Gasteiger partial charge on any atom is 0.319 e. The van der Waals surface area contributed by atoms with Gasteiger partial charge in [0.25, 0.3) is 0 Å². The van der Waals surface area contributed by atoms with Crippen molar-refractivity contribution in [1.29, 1.82) is 0 Å². The number of esters is 1. The fraction of sp³-hybridized carbons (Fsp3) is 0.231. The van der Waals surface area contributed by atoms with E-state index in [0.29, 0.717) is 16.7 Å². The first kappa shape index (κ1) is 14.2. The van der Waals surface area contributed by atoms with E-state index in [-0.39, 0.29) is 11.2 Å². The molecule has 1 fully saturated rings. The van der Waals surface area contributed by atoms with Gasteiger partial charge in [0.1, 0.15) is 5.25 Å². The fourth-order valence-electron chi connectivity index (χ4n) is 1.84. The normalized spacial score (nSPS) is 18.3. The first-order chi connectivity index (χ1) is 9.63. The monoisotopic (exact) mass is 345 g/mol. The van der Waals surface area contributed by atoms with Crippen molar-refractivity contribution in [3.05, 3.63) is 33.6 Å². The molecule has 0 N–H and O–H groups in total. The first-order valence-corrected chi connectivity index (χ1v) is 8.39. The van der Waals surface area contributed by atoms with Gasteiger partial charge in [0.15, 0.2) is 4.34 Å². The quantitative estimate of drug-likeness (QED) is 0.766. The predicted octanol–water partition coefficient (Wildman–Crippen LogP) is 4.52. The van der Waals surface area contributed by atoms with Crippen LogP contribution in [0.2, 0.25) is 10.0 Å². The molecule has 0 bridgehead atoms. The number of halogens is 2. The topological polar surface area (TPSA) is 39.2 Å². The van der Waals surface area contributed by atoms with E-state index in [1.54, 1.807) is 12.1 Å². The zero-order chi connectivity index (χ0) is 14.1. The third-order valence-corrected chi connectivity index (χ3v) is 5.59. The number of rotatable bonds is 3. The van der Waals surface area contributed by atoms with Crippen LogP contribution in [0, 0.1) is 0 Å². The highest BCUT2D eigenvalue weighted by atomic mass is 35.5. The Hall–Kier alpha value is -0.750. The van der Waals surface area contributed by atoms with Gasteiger partial charge in [-0.05, 0) is 18.2 Å². The molecule has 1 aromatic heterocycles. The van der Waals surface area contributed by atoms with Gasteiger partial charge in [-0.1, -0.05) is 35.0 Å². The summed E-state index contributed by atoms with van der Waals surface area (Å²) in [6.07, 6.45) is 0.736. The molecule has 20 heavy (non-hydrogen) atoms. The van der Waals surface area contributed by atoms with Crippen molar-refractivity contribution in [2.75, 3.05) is 6.61 Å². The Morgan fingerprint density at radius 1 is 1.40 bits per heavy atom. The second-order valence-corrected chi connectivity index (χ2v) is 7.34. The average Bonchev–Trinajstić information content (AvgIpc) is 3.00. The predicted molar refractivity (Wildman–Crippen MR) is 82.8 cm³/mol. The third kappa shape index (κ3) is 2.96. The molecule has 104 valence electrons. The molecular formula is C13H9Cl2NO2S2. The number of thioether (sulfide) groups is 1. The van der Waals surface area contributed by atoms with E-state index in [4.69, 9.17) is 27.9 Å². The molecule has 1 unspecified atom stereocenters. The van der Waals surface area contributed by atoms with Gasteiger partial charge in [0.2, 0.25) is 0 Å². The summed E-state index contributed by atoms with van der Waals surface area (Å²) >= 11 is 15.0. The number of nitrogens with zero attached hydrogens (tertiary/aromatic N) is 1. The minimum absolute atomic E-state index is 0.144. The molecule has 3 nitrogen and oxygen atoms in total. The van der Waals surface area contributed by atoms with Gasteiger partial charge in [-0.3, -0.25) is 4.79 Å². The Morgan fingerprint density at radius 2 is 2.25 bits per heavy atom. The molecule has 1 aliphatic heterocycles. The highest BCUT2D eigenvalue weighted by molar-refractivity contribution is 8.02. The molecule has 0 saturated carbocycles. The van der Waals surface area contributed by atoms with Crippen molar-refractivity contribution < 1.29 is 9.53 Å². The van der Waals surface area contributed by atoms with Crippen molar-refractivity contribution in [2.45, 2.75) is 16.0 Å². The molecular weight excluding hydrogens is 337 g/mol. The van der Waals surface area contributed by atoms with Crippen molar-refractivity contribution in [1.82, 2.24) is 4.98 Å². The van der Waals surface area contributed by atoms with Crippen molar-refractivity contribution in [2.24, 2.45) is 0 Å². The molecule has 7 heteroatoms. The molecule has 0 spiro atoms. The molecule has 0 aliphatic carbocycles. The van der Waals surface area contributed by atoms with Crippen molar-refractivity contribution in [3.8, 4) is 11.3 Å². The van der Waals surface area contributed by atoms with Crippen LogP contribution in [0.5, 0.6) is 0 Å². The lowest BCUT2D eigenvalue weighted by atomic mass is 10.2. The van der Waals surface area contributed by atoms with Gasteiger partial charge in [0.05, 0.1) is 17.3 Å². The number of cyclic esters (lactones) is 1. The van der Waals surface area contributed by atoms with E-state index in [2.05, 4.69) is 4.98 Å². The number of hydrogen-bond acceptors (Lipinski definition) is 5. The number of benzene rings is 1. The maximum atomic E-state index is 11.4. The molecule has 0 amide bonds. The summed E-state index contributed by atoms with van der Waals surface area (Å²) in [7, 11) is 0. The molecule has 1 aromatic carbocycles. The van der Waals surface area contributed by atoms with Crippen LogP contribution in [-0.2, 0) is 9.53 Å². The smallest absolute Gasteiger partial charge is 0.319 e.